The Morgan fingerprint density at radius 2 is 1.87 bits per heavy atom. The van der Waals surface area contributed by atoms with Gasteiger partial charge >= 0.3 is 5.51 Å². The molecule has 0 aliphatic carbocycles. The molecule has 0 radical (unpaired) electrons. The molecule has 30 heavy (non-hydrogen) atoms. The zero-order chi connectivity index (χ0) is 22.5. The molecule has 6 nitrogen and oxygen atoms in total. The van der Waals surface area contributed by atoms with E-state index in [9.17, 15) is 23.1 Å². The molecule has 0 saturated heterocycles. The number of alkyl halides is 3. The second kappa shape index (κ2) is 10.3. The number of benzene rings is 1. The lowest BCUT2D eigenvalue weighted by atomic mass is 10.2. The number of thioether (sulfide) groups is 1. The smallest absolute Gasteiger partial charge is 0.446 e. The first-order valence-corrected chi connectivity index (χ1v) is 11.0. The molecule has 0 unspecified atom stereocenters. The standard InChI is InChI=1S/C19H23F3N4O2S2/c1-5-7-26(8-6-2)14-10-15(28)13(9-16(14)30-19(20,21)22)24-25-18-23-17(11(3)27)12(4)29-18/h9-10,28H,5-8H2,1-4H3. The molecule has 0 saturated carbocycles. The Hall–Kier alpha value is -2.14. The number of halogens is 3. The molecule has 2 rings (SSSR count). The number of rotatable bonds is 9. The van der Waals surface area contributed by atoms with Gasteiger partial charge in [-0.15, -0.1) is 10.2 Å². The van der Waals surface area contributed by atoms with Crippen molar-refractivity contribution in [3.63, 3.8) is 0 Å². The van der Waals surface area contributed by atoms with Gasteiger partial charge in [0.2, 0.25) is 5.13 Å². The van der Waals surface area contributed by atoms with Crippen molar-refractivity contribution in [3.05, 3.63) is 22.7 Å². The Bertz CT molecular complexity index is 923. The maximum absolute atomic E-state index is 13.1. The minimum Gasteiger partial charge on any atom is -0.506 e. The lowest BCUT2D eigenvalue weighted by Crippen LogP contribution is -2.25. The third kappa shape index (κ3) is 6.43. The summed E-state index contributed by atoms with van der Waals surface area (Å²) in [6.45, 7) is 8.10. The number of aryl methyl sites for hydroxylation is 1. The Labute approximate surface area is 181 Å². The average molecular weight is 461 g/mol. The highest BCUT2D eigenvalue weighted by Crippen LogP contribution is 2.46. The summed E-state index contributed by atoms with van der Waals surface area (Å²) in [5, 5.41) is 18.4. The lowest BCUT2D eigenvalue weighted by molar-refractivity contribution is -0.0328. The van der Waals surface area contributed by atoms with E-state index in [1.807, 2.05) is 18.7 Å². The predicted octanol–water partition coefficient (Wildman–Crippen LogP) is 7.01. The van der Waals surface area contributed by atoms with E-state index in [2.05, 4.69) is 15.2 Å². The molecule has 0 aliphatic rings. The first-order chi connectivity index (χ1) is 14.1. The maximum Gasteiger partial charge on any atom is 0.446 e. The predicted molar refractivity (Wildman–Crippen MR) is 114 cm³/mol. The zero-order valence-corrected chi connectivity index (χ0v) is 18.7. The van der Waals surface area contributed by atoms with Crippen molar-refractivity contribution in [1.29, 1.82) is 0 Å². The van der Waals surface area contributed by atoms with Crippen molar-refractivity contribution in [2.45, 2.75) is 50.9 Å². The number of hydrogen-bond donors (Lipinski definition) is 1. The third-order valence-electron chi connectivity index (χ3n) is 3.97. The van der Waals surface area contributed by atoms with Gasteiger partial charge in [-0.1, -0.05) is 25.2 Å². The van der Waals surface area contributed by atoms with Gasteiger partial charge in [0.25, 0.3) is 0 Å². The monoisotopic (exact) mass is 460 g/mol. The number of carbonyl (C=O) groups is 1. The zero-order valence-electron chi connectivity index (χ0n) is 17.1. The Balaban J connectivity index is 2.46. The number of phenols is 1. The summed E-state index contributed by atoms with van der Waals surface area (Å²) in [5.74, 6) is -0.495. The van der Waals surface area contributed by atoms with E-state index in [0.717, 1.165) is 24.2 Å². The minimum absolute atomic E-state index is 0.0594. The number of hydrogen-bond acceptors (Lipinski definition) is 8. The molecular weight excluding hydrogens is 437 g/mol. The van der Waals surface area contributed by atoms with E-state index in [1.54, 1.807) is 6.92 Å². The summed E-state index contributed by atoms with van der Waals surface area (Å²) in [5.41, 5.74) is -4.01. The van der Waals surface area contributed by atoms with Crippen molar-refractivity contribution >= 4 is 45.4 Å². The molecule has 0 aliphatic heterocycles. The number of nitrogens with zero attached hydrogens (tertiary/aromatic N) is 4. The van der Waals surface area contributed by atoms with Gasteiger partial charge < -0.3 is 10.0 Å². The highest BCUT2D eigenvalue weighted by molar-refractivity contribution is 8.00. The van der Waals surface area contributed by atoms with Crippen LogP contribution in [0.15, 0.2) is 27.3 Å². The van der Waals surface area contributed by atoms with Gasteiger partial charge in [-0.2, -0.15) is 13.2 Å². The van der Waals surface area contributed by atoms with Crippen LogP contribution in [-0.4, -0.2) is 34.5 Å². The molecule has 0 bridgehead atoms. The van der Waals surface area contributed by atoms with Gasteiger partial charge in [-0.3, -0.25) is 4.79 Å². The fraction of sp³-hybridized carbons (Fsp3) is 0.474. The van der Waals surface area contributed by atoms with Gasteiger partial charge in [0.15, 0.2) is 5.78 Å². The summed E-state index contributed by atoms with van der Waals surface area (Å²) in [7, 11) is 0. The van der Waals surface area contributed by atoms with E-state index in [1.165, 1.54) is 19.1 Å². The van der Waals surface area contributed by atoms with Crippen molar-refractivity contribution < 1.29 is 23.1 Å². The molecule has 11 heteroatoms. The SMILES string of the molecule is CCCN(CCC)c1cc(O)c(N=Nc2nc(C(C)=O)c(C)s2)cc1SC(F)(F)F. The Kier molecular flexibility index (Phi) is 8.25. The molecule has 0 fully saturated rings. The third-order valence-corrected chi connectivity index (χ3v) is 5.61. The summed E-state index contributed by atoms with van der Waals surface area (Å²) in [6, 6.07) is 2.47. The molecule has 0 spiro atoms. The quantitative estimate of drug-likeness (QED) is 0.247. The van der Waals surface area contributed by atoms with Crippen LogP contribution in [0.4, 0.5) is 29.7 Å². The molecule has 1 aromatic carbocycles. The van der Waals surface area contributed by atoms with Gasteiger partial charge in [0.1, 0.15) is 17.1 Å². The normalized spacial score (nSPS) is 12.0. The van der Waals surface area contributed by atoms with E-state index < -0.39 is 5.51 Å². The highest BCUT2D eigenvalue weighted by atomic mass is 32.2. The number of aromatic nitrogens is 1. The second-order valence-electron chi connectivity index (χ2n) is 6.50. The second-order valence-corrected chi connectivity index (χ2v) is 8.79. The Morgan fingerprint density at radius 1 is 1.23 bits per heavy atom. The lowest BCUT2D eigenvalue weighted by Gasteiger charge is -2.26. The number of aromatic hydroxyl groups is 1. The van der Waals surface area contributed by atoms with Gasteiger partial charge in [0, 0.05) is 35.9 Å². The van der Waals surface area contributed by atoms with Crippen LogP contribution in [0.3, 0.4) is 0 Å². The fourth-order valence-electron chi connectivity index (χ4n) is 2.82. The number of thiazole rings is 1. The fourth-order valence-corrected chi connectivity index (χ4v) is 4.31. The number of azo groups is 1. The van der Waals surface area contributed by atoms with E-state index in [-0.39, 0.29) is 44.7 Å². The molecule has 1 aromatic heterocycles. The first-order valence-electron chi connectivity index (χ1n) is 9.33. The van der Waals surface area contributed by atoms with E-state index in [0.29, 0.717) is 23.7 Å². The van der Waals surface area contributed by atoms with E-state index >= 15 is 0 Å². The molecule has 0 amide bonds. The van der Waals surface area contributed by atoms with Crippen LogP contribution in [0.2, 0.25) is 0 Å². The van der Waals surface area contributed by atoms with Crippen LogP contribution in [0.5, 0.6) is 5.75 Å². The average Bonchev–Trinajstić information content (AvgIpc) is 3.01. The maximum atomic E-state index is 13.1. The van der Waals surface area contributed by atoms with Crippen LogP contribution in [0.1, 0.15) is 49.0 Å². The van der Waals surface area contributed by atoms with Crippen LogP contribution >= 0.6 is 23.1 Å². The van der Waals surface area contributed by atoms with Crippen LogP contribution in [0.25, 0.3) is 0 Å². The van der Waals surface area contributed by atoms with E-state index in [4.69, 9.17) is 0 Å². The molecule has 164 valence electrons. The van der Waals surface area contributed by atoms with Crippen LogP contribution in [0, 0.1) is 6.92 Å². The molecular formula is C19H23F3N4O2S2. The minimum atomic E-state index is -4.49. The summed E-state index contributed by atoms with van der Waals surface area (Å²) in [6.07, 6.45) is 1.50. The van der Waals surface area contributed by atoms with Gasteiger partial charge in [-0.25, -0.2) is 4.98 Å². The number of anilines is 1. The van der Waals surface area contributed by atoms with Gasteiger partial charge in [0.05, 0.1) is 5.69 Å². The Morgan fingerprint density at radius 3 is 2.37 bits per heavy atom. The molecule has 0 atom stereocenters. The molecule has 1 N–H and O–H groups in total. The number of ketones is 1. The van der Waals surface area contributed by atoms with Gasteiger partial charge in [-0.05, 0) is 37.6 Å². The van der Waals surface area contributed by atoms with Crippen molar-refractivity contribution in [2.24, 2.45) is 10.2 Å². The largest absolute Gasteiger partial charge is 0.506 e. The van der Waals surface area contributed by atoms with Crippen molar-refractivity contribution in [3.8, 4) is 5.75 Å². The number of Topliss-reactive ketones (excluding diaryl/α,β-unsaturated/α-hetero) is 1. The molecule has 2 aromatic rings. The first kappa shape index (κ1) is 24.1. The number of phenolic OH excluding ortho intramolecular Hbond substituents is 1. The summed E-state index contributed by atoms with van der Waals surface area (Å²) in [4.78, 5) is 18.0. The van der Waals surface area contributed by atoms with Crippen molar-refractivity contribution in [1.82, 2.24) is 4.98 Å². The van der Waals surface area contributed by atoms with Crippen LogP contribution < -0.4 is 4.90 Å². The summed E-state index contributed by atoms with van der Waals surface area (Å²) < 4.78 is 39.4. The number of carbonyl (C=O) groups excluding carboxylic acids is 1. The topological polar surface area (TPSA) is 78.2 Å². The summed E-state index contributed by atoms with van der Waals surface area (Å²) >= 11 is 0.886. The van der Waals surface area contributed by atoms with Crippen molar-refractivity contribution in [2.75, 3.05) is 18.0 Å². The molecule has 1 heterocycles. The van der Waals surface area contributed by atoms with Crippen LogP contribution in [-0.2, 0) is 0 Å². The highest BCUT2D eigenvalue weighted by Gasteiger charge is 2.32.